The van der Waals surface area contributed by atoms with Crippen molar-refractivity contribution in [1.29, 1.82) is 0 Å². The Morgan fingerprint density at radius 1 is 1.08 bits per heavy atom. The molecule has 2 aliphatic rings. The zero-order valence-electron chi connectivity index (χ0n) is 19.8. The molecule has 36 heavy (non-hydrogen) atoms. The molecule has 0 spiro atoms. The third kappa shape index (κ3) is 4.08. The van der Waals surface area contributed by atoms with Crippen LogP contribution in [-0.4, -0.2) is 34.4 Å². The highest BCUT2D eigenvalue weighted by molar-refractivity contribution is 6.30. The lowest BCUT2D eigenvalue weighted by atomic mass is 9.80. The summed E-state index contributed by atoms with van der Waals surface area (Å²) in [6, 6.07) is 10.8. The fourth-order valence-electron chi connectivity index (χ4n) is 4.64. The third-order valence-electron chi connectivity index (χ3n) is 6.58. The number of aliphatic imine (C=N–C) groups is 1. The van der Waals surface area contributed by atoms with E-state index in [1.807, 2.05) is 26.0 Å². The Hall–Kier alpha value is -3.23. The topological polar surface area (TPSA) is 80.8 Å². The van der Waals surface area contributed by atoms with E-state index in [2.05, 4.69) is 9.98 Å². The second-order valence-electron chi connectivity index (χ2n) is 9.42. The number of pyridine rings is 1. The van der Waals surface area contributed by atoms with Crippen LogP contribution in [0.25, 0.3) is 11.1 Å². The van der Waals surface area contributed by atoms with Crippen molar-refractivity contribution in [2.75, 3.05) is 7.05 Å². The molecule has 10 heteroatoms. The van der Waals surface area contributed by atoms with Crippen molar-refractivity contribution in [1.82, 2.24) is 9.88 Å². The molecule has 0 fully saturated rings. The summed E-state index contributed by atoms with van der Waals surface area (Å²) in [4.78, 5) is 23.1. The summed E-state index contributed by atoms with van der Waals surface area (Å²) in [5, 5.41) is 0.150. The van der Waals surface area contributed by atoms with Crippen molar-refractivity contribution in [2.24, 2.45) is 10.7 Å². The Labute approximate surface area is 218 Å². The molecule has 0 radical (unpaired) electrons. The summed E-state index contributed by atoms with van der Waals surface area (Å²) in [6.45, 7) is 4.05. The number of amides is 1. The van der Waals surface area contributed by atoms with Crippen molar-refractivity contribution in [3.63, 3.8) is 0 Å². The fraction of sp³-hybridized carbons (Fsp3) is 0.269. The second-order valence-corrected chi connectivity index (χ2v) is 9.85. The molecule has 1 atom stereocenters. The van der Waals surface area contributed by atoms with Crippen LogP contribution < -0.4 is 10.5 Å². The molecule has 1 amide bonds. The van der Waals surface area contributed by atoms with Crippen molar-refractivity contribution < 1.29 is 18.3 Å². The average Bonchev–Trinajstić information content (AvgIpc) is 3.05. The molecule has 6 nitrogen and oxygen atoms in total. The Balaban J connectivity index is 0.00000304. The van der Waals surface area contributed by atoms with E-state index in [1.165, 1.54) is 36.2 Å². The van der Waals surface area contributed by atoms with Gasteiger partial charge < -0.3 is 10.5 Å². The molecule has 3 aromatic rings. The summed E-state index contributed by atoms with van der Waals surface area (Å²) in [7, 11) is 1.53. The normalized spacial score (nSPS) is 20.3. The highest BCUT2D eigenvalue weighted by Gasteiger charge is 2.50. The van der Waals surface area contributed by atoms with Crippen LogP contribution in [0, 0.1) is 11.8 Å². The smallest absolute Gasteiger partial charge is 0.266 e. The van der Waals surface area contributed by atoms with Crippen LogP contribution in [0.15, 0.2) is 53.7 Å². The van der Waals surface area contributed by atoms with Gasteiger partial charge in [-0.25, -0.2) is 14.4 Å². The van der Waals surface area contributed by atoms with Crippen LogP contribution in [0.5, 0.6) is 5.75 Å². The van der Waals surface area contributed by atoms with E-state index in [-0.39, 0.29) is 40.1 Å². The first-order valence-electron chi connectivity index (χ1n) is 11.1. The molecule has 2 N–H and O–H groups in total. The Bertz CT molecular complexity index is 1410. The number of halogens is 4. The van der Waals surface area contributed by atoms with Crippen LogP contribution in [0.1, 0.15) is 37.0 Å². The molecular weight excluding hydrogens is 509 g/mol. The minimum atomic E-state index is -1.58. The number of aryl methyl sites for hydroxylation is 1. The van der Waals surface area contributed by atoms with Crippen molar-refractivity contribution >= 4 is 35.9 Å². The van der Waals surface area contributed by atoms with E-state index in [4.69, 9.17) is 22.1 Å². The maximum Gasteiger partial charge on any atom is 0.266 e. The van der Waals surface area contributed by atoms with Crippen LogP contribution in [0.3, 0.4) is 0 Å². The lowest BCUT2D eigenvalue weighted by Crippen LogP contribution is -2.41. The van der Waals surface area contributed by atoms with Gasteiger partial charge in [-0.15, -0.1) is 12.4 Å². The number of guanidine groups is 1. The minimum Gasteiger partial charge on any atom is -0.488 e. The molecular formula is C26H24Cl2F2N4O2. The Kier molecular flexibility index (Phi) is 6.47. The standard InChI is InChI=1S/C26H23ClF2N4O2.ClH/c1-25(2)9-8-14-10-15(5-7-21(14)35-25)26(23(34)33(3)24(30)32-26)16-4-6-20(28)18(11-16)19-12-17(27)13-31-22(19)29;/h4-7,10-13H,8-9H2,1-3H3,(H2,30,32);1H. The summed E-state index contributed by atoms with van der Waals surface area (Å²) in [5.41, 5.74) is 5.83. The van der Waals surface area contributed by atoms with Gasteiger partial charge in [-0.2, -0.15) is 4.39 Å². The number of carbonyl (C=O) groups is 1. The quantitative estimate of drug-likeness (QED) is 0.468. The van der Waals surface area contributed by atoms with E-state index in [0.29, 0.717) is 11.1 Å². The van der Waals surface area contributed by atoms with Gasteiger partial charge in [0.05, 0.1) is 5.02 Å². The predicted octanol–water partition coefficient (Wildman–Crippen LogP) is 5.24. The summed E-state index contributed by atoms with van der Waals surface area (Å²) >= 11 is 6.00. The second kappa shape index (κ2) is 9.01. The van der Waals surface area contributed by atoms with Gasteiger partial charge in [0.25, 0.3) is 5.91 Å². The molecule has 1 unspecified atom stereocenters. The van der Waals surface area contributed by atoms with Gasteiger partial charge in [0, 0.05) is 24.4 Å². The molecule has 188 valence electrons. The molecule has 2 aromatic carbocycles. The lowest BCUT2D eigenvalue weighted by molar-refractivity contribution is -0.129. The number of likely N-dealkylation sites (N-methyl/N-ethyl adjacent to an activating group) is 1. The van der Waals surface area contributed by atoms with E-state index in [9.17, 15) is 13.6 Å². The fourth-order valence-corrected chi connectivity index (χ4v) is 4.79. The minimum absolute atomic E-state index is 0. The molecule has 0 saturated carbocycles. The maximum absolute atomic E-state index is 14.9. The molecule has 1 aromatic heterocycles. The van der Waals surface area contributed by atoms with E-state index in [1.54, 1.807) is 6.07 Å². The lowest BCUT2D eigenvalue weighted by Gasteiger charge is -2.34. The van der Waals surface area contributed by atoms with E-state index < -0.39 is 23.2 Å². The number of ether oxygens (including phenoxy) is 1. The largest absolute Gasteiger partial charge is 0.488 e. The maximum atomic E-state index is 14.9. The van der Waals surface area contributed by atoms with Crippen LogP contribution >= 0.6 is 24.0 Å². The molecule has 2 aliphatic heterocycles. The molecule has 3 heterocycles. The zero-order valence-corrected chi connectivity index (χ0v) is 21.4. The summed E-state index contributed by atoms with van der Waals surface area (Å²) < 4.78 is 35.6. The van der Waals surface area contributed by atoms with E-state index >= 15 is 0 Å². The predicted molar refractivity (Wildman–Crippen MR) is 136 cm³/mol. The van der Waals surface area contributed by atoms with Crippen LogP contribution in [-0.2, 0) is 16.8 Å². The first-order chi connectivity index (χ1) is 16.5. The van der Waals surface area contributed by atoms with E-state index in [0.717, 1.165) is 30.4 Å². The van der Waals surface area contributed by atoms with Gasteiger partial charge in [-0.3, -0.25) is 9.69 Å². The number of hydrogen-bond donors (Lipinski definition) is 1. The van der Waals surface area contributed by atoms with Crippen molar-refractivity contribution in [3.05, 3.63) is 82.1 Å². The SMILES string of the molecule is CN1C(=O)C(c2ccc3c(c2)CCC(C)(C)O3)(c2ccc(F)c(-c3cc(Cl)cnc3F)c2)N=C1N.Cl. The third-order valence-corrected chi connectivity index (χ3v) is 6.79. The molecule has 0 bridgehead atoms. The number of benzene rings is 2. The monoisotopic (exact) mass is 532 g/mol. The summed E-state index contributed by atoms with van der Waals surface area (Å²) in [6.07, 6.45) is 2.70. The summed E-state index contributed by atoms with van der Waals surface area (Å²) in [5.74, 6) is -1.22. The van der Waals surface area contributed by atoms with Gasteiger partial charge >= 0.3 is 0 Å². The molecule has 0 saturated heterocycles. The Morgan fingerprint density at radius 3 is 2.47 bits per heavy atom. The average molecular weight is 533 g/mol. The number of hydrogen-bond acceptors (Lipinski definition) is 5. The first-order valence-corrected chi connectivity index (χ1v) is 11.5. The van der Waals surface area contributed by atoms with Crippen LogP contribution in [0.4, 0.5) is 8.78 Å². The number of rotatable bonds is 3. The number of fused-ring (bicyclic) bond motifs is 1. The number of carbonyl (C=O) groups excluding carboxylic acids is 1. The highest BCUT2D eigenvalue weighted by atomic mass is 35.5. The molecule has 0 aliphatic carbocycles. The van der Waals surface area contributed by atoms with Gasteiger partial charge in [-0.05, 0) is 73.7 Å². The number of nitrogens with zero attached hydrogens (tertiary/aromatic N) is 3. The first kappa shape index (κ1) is 25.9. The van der Waals surface area contributed by atoms with Gasteiger partial charge in [-0.1, -0.05) is 23.7 Å². The number of aromatic nitrogens is 1. The van der Waals surface area contributed by atoms with Gasteiger partial charge in [0.1, 0.15) is 17.2 Å². The van der Waals surface area contributed by atoms with Gasteiger partial charge in [0.15, 0.2) is 11.5 Å². The zero-order chi connectivity index (χ0) is 25.1. The Morgan fingerprint density at radius 2 is 1.78 bits per heavy atom. The molecule has 5 rings (SSSR count). The van der Waals surface area contributed by atoms with Crippen molar-refractivity contribution in [2.45, 2.75) is 37.8 Å². The number of nitrogens with two attached hydrogens (primary N) is 1. The van der Waals surface area contributed by atoms with Crippen molar-refractivity contribution in [3.8, 4) is 16.9 Å². The van der Waals surface area contributed by atoms with Crippen LogP contribution in [0.2, 0.25) is 5.02 Å². The van der Waals surface area contributed by atoms with Gasteiger partial charge in [0.2, 0.25) is 5.95 Å². The highest BCUT2D eigenvalue weighted by Crippen LogP contribution is 2.44.